The molecule has 0 fully saturated rings. The van der Waals surface area contributed by atoms with Crippen molar-refractivity contribution in [2.45, 2.75) is 175 Å². The monoisotopic (exact) mass is 652 g/mol. The second-order valence-electron chi connectivity index (χ2n) is 14.0. The maximum atomic E-state index is 12.0. The van der Waals surface area contributed by atoms with E-state index in [-0.39, 0.29) is 24.1 Å². The molecule has 0 saturated carbocycles. The Bertz CT molecular complexity index is 738. The second-order valence-corrected chi connectivity index (χ2v) is 14.0. The molecule has 0 aliphatic carbocycles. The van der Waals surface area contributed by atoms with Gasteiger partial charge in [-0.15, -0.1) is 0 Å². The Morgan fingerprint density at radius 2 is 0.848 bits per heavy atom. The average molecular weight is 652 g/mol. The molecular weight excluding hydrogens is 578 g/mol. The van der Waals surface area contributed by atoms with Gasteiger partial charge in [0.1, 0.15) is 11.8 Å². The summed E-state index contributed by atoms with van der Waals surface area (Å²) in [5.41, 5.74) is 0. The van der Waals surface area contributed by atoms with E-state index in [4.69, 9.17) is 0 Å². The number of hydrogen-bond acceptors (Lipinski definition) is 4. The fourth-order valence-corrected chi connectivity index (χ4v) is 6.79. The van der Waals surface area contributed by atoms with Crippen molar-refractivity contribution in [3.05, 3.63) is 12.2 Å². The maximum Gasteiger partial charge on any atom is 0.312 e. The number of quaternary nitrogens is 1. The first-order chi connectivity index (χ1) is 22.2. The molecule has 0 heterocycles. The van der Waals surface area contributed by atoms with E-state index in [0.717, 1.165) is 19.3 Å². The lowest BCUT2D eigenvalue weighted by Gasteiger charge is -2.44. The molecule has 0 rings (SSSR count). The summed E-state index contributed by atoms with van der Waals surface area (Å²) in [6.45, 7) is 9.06. The largest absolute Gasteiger partial charge is 0.550 e. The molecule has 46 heavy (non-hydrogen) atoms. The molecule has 0 aliphatic rings. The minimum atomic E-state index is -1.14. The Balaban J connectivity index is 4.42. The standard InChI is InChI=1S/C39H73NO6/c1-5-9-10-11-12-13-14-15-16-17-18-19-20-21-22-23-24-25-26-27-28-29-30-40(31-34(6-2)37(41)42,32-35(7-3)38(43)44)33-36(8-4)39(45)46/h12-13,34-36H,5-11,14-33H2,1-4H3,(H2-,41,42,43,44,45,46)/b13-12+. The van der Waals surface area contributed by atoms with Crippen molar-refractivity contribution in [2.24, 2.45) is 17.8 Å². The quantitative estimate of drug-likeness (QED) is 0.0407. The highest BCUT2D eigenvalue weighted by Crippen LogP contribution is 2.25. The van der Waals surface area contributed by atoms with Gasteiger partial charge in [-0.1, -0.05) is 130 Å². The van der Waals surface area contributed by atoms with Gasteiger partial charge in [0.25, 0.3) is 0 Å². The van der Waals surface area contributed by atoms with Gasteiger partial charge in [0.05, 0.1) is 32.1 Å². The summed E-state index contributed by atoms with van der Waals surface area (Å²) in [4.78, 5) is 35.9. The molecule has 7 nitrogen and oxygen atoms in total. The third kappa shape index (κ3) is 22.6. The van der Waals surface area contributed by atoms with Crippen LogP contribution in [0.2, 0.25) is 0 Å². The van der Waals surface area contributed by atoms with Crippen LogP contribution in [0.4, 0.5) is 0 Å². The van der Waals surface area contributed by atoms with Crippen LogP contribution in [-0.4, -0.2) is 58.8 Å². The molecule has 0 radical (unpaired) electrons. The number of aliphatic carboxylic acids is 3. The molecule has 2 N–H and O–H groups in total. The first-order valence-corrected chi connectivity index (χ1v) is 19.3. The van der Waals surface area contributed by atoms with Gasteiger partial charge in [0.15, 0.2) is 0 Å². The van der Waals surface area contributed by atoms with Crippen LogP contribution in [0, 0.1) is 17.8 Å². The summed E-state index contributed by atoms with van der Waals surface area (Å²) in [6.07, 6.45) is 31.2. The fraction of sp³-hybridized carbons (Fsp3) is 0.872. The molecule has 0 aromatic carbocycles. The van der Waals surface area contributed by atoms with Crippen LogP contribution in [0.15, 0.2) is 12.2 Å². The third-order valence-electron chi connectivity index (χ3n) is 9.98. The number of nitrogens with zero attached hydrogens (tertiary/aromatic N) is 1. The van der Waals surface area contributed by atoms with Crippen molar-refractivity contribution in [1.29, 1.82) is 0 Å². The zero-order valence-corrected chi connectivity index (χ0v) is 30.5. The van der Waals surface area contributed by atoms with Gasteiger partial charge >= 0.3 is 11.9 Å². The van der Waals surface area contributed by atoms with Crippen LogP contribution in [-0.2, 0) is 14.4 Å². The lowest BCUT2D eigenvalue weighted by atomic mass is 9.95. The van der Waals surface area contributed by atoms with E-state index in [1.54, 1.807) is 6.92 Å². The summed E-state index contributed by atoms with van der Waals surface area (Å²) >= 11 is 0. The number of carbonyl (C=O) groups excluding carboxylic acids is 1. The third-order valence-corrected chi connectivity index (χ3v) is 9.98. The zero-order chi connectivity index (χ0) is 34.5. The molecule has 0 aliphatic heterocycles. The highest BCUT2D eigenvalue weighted by molar-refractivity contribution is 5.70. The van der Waals surface area contributed by atoms with E-state index in [1.807, 2.05) is 13.8 Å². The lowest BCUT2D eigenvalue weighted by Crippen LogP contribution is -2.59. The SMILES string of the molecule is CCCCC/C=C/CCCCCCCCCCCCCCCCC[N+](CC(CC)C(=O)[O-])(CC(CC)C(=O)O)CC(CC)C(=O)O. The lowest BCUT2D eigenvalue weighted by molar-refractivity contribution is -0.935. The predicted molar refractivity (Wildman–Crippen MR) is 189 cm³/mol. The van der Waals surface area contributed by atoms with E-state index in [2.05, 4.69) is 19.1 Å². The van der Waals surface area contributed by atoms with Crippen molar-refractivity contribution in [3.63, 3.8) is 0 Å². The minimum Gasteiger partial charge on any atom is -0.550 e. The van der Waals surface area contributed by atoms with Crippen LogP contribution in [0.25, 0.3) is 0 Å². The Labute approximate surface area is 283 Å². The van der Waals surface area contributed by atoms with E-state index in [0.29, 0.717) is 25.8 Å². The minimum absolute atomic E-state index is 0.221. The molecule has 0 saturated heterocycles. The number of unbranched alkanes of at least 4 members (excludes halogenated alkanes) is 18. The number of hydrogen-bond donors (Lipinski definition) is 2. The van der Waals surface area contributed by atoms with Crippen LogP contribution in [0.3, 0.4) is 0 Å². The fourth-order valence-electron chi connectivity index (χ4n) is 6.79. The van der Waals surface area contributed by atoms with Crippen molar-refractivity contribution in [1.82, 2.24) is 0 Å². The number of carboxylic acid groups (broad SMARTS) is 3. The number of rotatable bonds is 34. The van der Waals surface area contributed by atoms with E-state index in [9.17, 15) is 29.7 Å². The van der Waals surface area contributed by atoms with E-state index < -0.39 is 35.7 Å². The van der Waals surface area contributed by atoms with Gasteiger partial charge in [0, 0.05) is 5.92 Å². The molecular formula is C39H73NO6. The summed E-state index contributed by atoms with van der Waals surface area (Å²) in [6, 6.07) is 0. The Kier molecular flexibility index (Phi) is 28.1. The highest BCUT2D eigenvalue weighted by Gasteiger charge is 2.39. The predicted octanol–water partition coefficient (Wildman–Crippen LogP) is 9.18. The Hall–Kier alpha value is -1.89. The molecule has 7 heteroatoms. The van der Waals surface area contributed by atoms with Crippen molar-refractivity contribution in [2.75, 3.05) is 26.2 Å². The molecule has 3 unspecified atom stereocenters. The van der Waals surface area contributed by atoms with Crippen molar-refractivity contribution < 1.29 is 34.2 Å². The normalized spacial score (nSPS) is 15.0. The second kappa shape index (κ2) is 29.3. The van der Waals surface area contributed by atoms with Gasteiger partial charge in [0.2, 0.25) is 0 Å². The molecule has 3 atom stereocenters. The summed E-state index contributed by atoms with van der Waals surface area (Å²) in [7, 11) is 0. The molecule has 0 bridgehead atoms. The molecule has 0 aromatic heterocycles. The Morgan fingerprint density at radius 1 is 0.522 bits per heavy atom. The molecule has 270 valence electrons. The highest BCUT2D eigenvalue weighted by atomic mass is 16.4. The van der Waals surface area contributed by atoms with Crippen molar-refractivity contribution in [3.8, 4) is 0 Å². The summed E-state index contributed by atoms with van der Waals surface area (Å²) in [5.74, 6) is -4.94. The number of carboxylic acids is 3. The van der Waals surface area contributed by atoms with Gasteiger partial charge in [-0.05, 0) is 57.8 Å². The van der Waals surface area contributed by atoms with E-state index in [1.165, 1.54) is 109 Å². The van der Waals surface area contributed by atoms with Crippen molar-refractivity contribution >= 4 is 17.9 Å². The maximum absolute atomic E-state index is 12.0. The first-order valence-electron chi connectivity index (χ1n) is 19.3. The average Bonchev–Trinajstić information content (AvgIpc) is 3.03. The number of carbonyl (C=O) groups is 3. The zero-order valence-electron chi connectivity index (χ0n) is 30.5. The summed E-state index contributed by atoms with van der Waals surface area (Å²) < 4.78 is 0.221. The van der Waals surface area contributed by atoms with Crippen LogP contribution in [0.1, 0.15) is 175 Å². The van der Waals surface area contributed by atoms with Gasteiger partial charge in [-0.25, -0.2) is 0 Å². The molecule has 0 amide bonds. The first kappa shape index (κ1) is 44.1. The van der Waals surface area contributed by atoms with Crippen LogP contribution < -0.4 is 5.11 Å². The summed E-state index contributed by atoms with van der Waals surface area (Å²) in [5, 5.41) is 31.6. The molecule has 0 aromatic rings. The Morgan fingerprint density at radius 3 is 1.17 bits per heavy atom. The van der Waals surface area contributed by atoms with Gasteiger partial charge in [-0.2, -0.15) is 0 Å². The van der Waals surface area contributed by atoms with Crippen LogP contribution in [0.5, 0.6) is 0 Å². The van der Waals surface area contributed by atoms with Gasteiger partial charge < -0.3 is 24.6 Å². The number of allylic oxidation sites excluding steroid dienone is 2. The van der Waals surface area contributed by atoms with Gasteiger partial charge in [-0.3, -0.25) is 9.59 Å². The topological polar surface area (TPSA) is 115 Å². The molecule has 0 spiro atoms. The smallest absolute Gasteiger partial charge is 0.312 e. The van der Waals surface area contributed by atoms with E-state index >= 15 is 0 Å². The van der Waals surface area contributed by atoms with Crippen LogP contribution >= 0.6 is 0 Å².